The molecule has 0 aromatic rings. The van der Waals surface area contributed by atoms with Crippen molar-refractivity contribution in [2.75, 3.05) is 0 Å². The van der Waals surface area contributed by atoms with Crippen LogP contribution in [-0.4, -0.2) is 16.1 Å². The smallest absolute Gasteiger partial charge is 0.354 e. The van der Waals surface area contributed by atoms with Gasteiger partial charge in [-0.2, -0.15) is 0 Å². The van der Waals surface area contributed by atoms with Crippen LogP contribution in [0.1, 0.15) is 10.5 Å². The second-order valence-corrected chi connectivity index (χ2v) is 2.70. The third-order valence-electron chi connectivity index (χ3n) is 1.80. The summed E-state index contributed by atoms with van der Waals surface area (Å²) >= 11 is 0. The molecule has 0 bridgehead atoms. The molecule has 1 heterocycles. The number of halogens is 1. The van der Waals surface area contributed by atoms with Gasteiger partial charge in [0.25, 0.3) is 0 Å². The Labute approximate surface area is 87.2 Å². The molecule has 0 fully saturated rings. The summed E-state index contributed by atoms with van der Waals surface area (Å²) in [4.78, 5) is 14.5. The third-order valence-corrected chi connectivity index (χ3v) is 1.80. The van der Waals surface area contributed by atoms with Crippen LogP contribution in [0.4, 0.5) is 0 Å². The van der Waals surface area contributed by atoms with Gasteiger partial charge in [0.2, 0.25) is 0 Å². The van der Waals surface area contributed by atoms with Crippen LogP contribution < -0.4 is 0 Å². The molecule has 14 heavy (non-hydrogen) atoms. The van der Waals surface area contributed by atoms with E-state index in [9.17, 15) is 4.79 Å². The third kappa shape index (κ3) is 1.83. The fourth-order valence-corrected chi connectivity index (χ4v) is 1.19. The van der Waals surface area contributed by atoms with E-state index in [1.165, 1.54) is 0 Å². The molecule has 0 saturated heterocycles. The Kier molecular flexibility index (Phi) is 3.04. The van der Waals surface area contributed by atoms with Gasteiger partial charge in [-0.05, 0) is 12.1 Å². The van der Waals surface area contributed by atoms with Crippen molar-refractivity contribution in [1.29, 1.82) is 0 Å². The SMILES string of the molecule is Cl.O=C(O)c1cc2cccccc-2n1. The van der Waals surface area contributed by atoms with Crippen LogP contribution in [0.3, 0.4) is 0 Å². The number of hydrogen-bond donors (Lipinski definition) is 1. The molecule has 1 aliphatic heterocycles. The number of fused-ring (bicyclic) bond motifs is 1. The van der Waals surface area contributed by atoms with Gasteiger partial charge in [0.1, 0.15) is 5.69 Å². The van der Waals surface area contributed by atoms with E-state index < -0.39 is 5.97 Å². The van der Waals surface area contributed by atoms with Crippen LogP contribution in [0.25, 0.3) is 11.3 Å². The molecular weight excluding hydrogens is 202 g/mol. The summed E-state index contributed by atoms with van der Waals surface area (Å²) in [5.74, 6) is -0.987. The van der Waals surface area contributed by atoms with Crippen molar-refractivity contribution in [3.05, 3.63) is 42.1 Å². The molecule has 0 aromatic carbocycles. The standard InChI is InChI=1S/C10H7NO2.ClH/c12-10(13)9-6-7-4-2-1-3-5-8(7)11-9;/h1-6H,(H,12,13);1H. The molecule has 0 aromatic heterocycles. The normalized spacial score (nSPS) is 9.43. The van der Waals surface area contributed by atoms with Gasteiger partial charge in [-0.25, -0.2) is 9.78 Å². The maximum atomic E-state index is 10.6. The number of carboxylic acids is 1. The van der Waals surface area contributed by atoms with E-state index in [0.717, 1.165) is 5.56 Å². The second kappa shape index (κ2) is 4.07. The summed E-state index contributed by atoms with van der Waals surface area (Å²) in [7, 11) is 0. The highest BCUT2D eigenvalue weighted by molar-refractivity contribution is 5.88. The van der Waals surface area contributed by atoms with Gasteiger partial charge in [-0.3, -0.25) is 0 Å². The Balaban J connectivity index is 0.000000980. The van der Waals surface area contributed by atoms with E-state index in [2.05, 4.69) is 4.98 Å². The molecular formula is C10H8ClNO2. The number of carbonyl (C=O) groups is 1. The highest BCUT2D eigenvalue weighted by Gasteiger charge is 2.11. The van der Waals surface area contributed by atoms with Crippen molar-refractivity contribution in [1.82, 2.24) is 4.98 Å². The fourth-order valence-electron chi connectivity index (χ4n) is 1.19. The maximum absolute atomic E-state index is 10.6. The monoisotopic (exact) mass is 209 g/mol. The lowest BCUT2D eigenvalue weighted by molar-refractivity contribution is 0.0691. The Bertz CT molecular complexity index is 400. The fraction of sp³-hybridized carbons (Fsp3) is 0. The van der Waals surface area contributed by atoms with E-state index in [1.807, 2.05) is 24.3 Å². The van der Waals surface area contributed by atoms with Crippen LogP contribution in [0, 0.1) is 0 Å². The summed E-state index contributed by atoms with van der Waals surface area (Å²) in [6.45, 7) is 0. The van der Waals surface area contributed by atoms with Crippen molar-refractivity contribution in [2.24, 2.45) is 0 Å². The molecule has 72 valence electrons. The minimum Gasteiger partial charge on any atom is -0.477 e. The molecule has 1 aliphatic carbocycles. The highest BCUT2D eigenvalue weighted by Crippen LogP contribution is 2.20. The minimum atomic E-state index is -0.987. The number of rotatable bonds is 1. The van der Waals surface area contributed by atoms with Gasteiger partial charge in [-0.15, -0.1) is 12.4 Å². The molecule has 4 heteroatoms. The van der Waals surface area contributed by atoms with Gasteiger partial charge in [0.05, 0.1) is 5.69 Å². The molecule has 0 atom stereocenters. The van der Waals surface area contributed by atoms with Crippen LogP contribution in [-0.2, 0) is 0 Å². The molecule has 0 unspecified atom stereocenters. The topological polar surface area (TPSA) is 50.2 Å². The van der Waals surface area contributed by atoms with E-state index in [1.54, 1.807) is 12.1 Å². The Morgan fingerprint density at radius 2 is 1.93 bits per heavy atom. The molecule has 0 radical (unpaired) electrons. The predicted molar refractivity (Wildman–Crippen MR) is 55.1 cm³/mol. The Morgan fingerprint density at radius 1 is 1.21 bits per heavy atom. The largest absolute Gasteiger partial charge is 0.477 e. The zero-order valence-electron chi connectivity index (χ0n) is 7.18. The van der Waals surface area contributed by atoms with Crippen LogP contribution in [0.5, 0.6) is 0 Å². The molecule has 0 saturated carbocycles. The first-order valence-electron chi connectivity index (χ1n) is 3.86. The molecule has 0 spiro atoms. The first-order valence-corrected chi connectivity index (χ1v) is 3.86. The van der Waals surface area contributed by atoms with Crippen LogP contribution in [0.15, 0.2) is 36.4 Å². The zero-order chi connectivity index (χ0) is 9.26. The van der Waals surface area contributed by atoms with Crippen LogP contribution >= 0.6 is 12.4 Å². The van der Waals surface area contributed by atoms with Gasteiger partial charge >= 0.3 is 5.97 Å². The van der Waals surface area contributed by atoms with E-state index in [4.69, 9.17) is 5.11 Å². The molecule has 1 N–H and O–H groups in total. The van der Waals surface area contributed by atoms with Crippen molar-refractivity contribution < 1.29 is 9.90 Å². The summed E-state index contributed by atoms with van der Waals surface area (Å²) < 4.78 is 0. The van der Waals surface area contributed by atoms with Crippen molar-refractivity contribution >= 4 is 18.4 Å². The van der Waals surface area contributed by atoms with Crippen molar-refractivity contribution in [2.45, 2.75) is 0 Å². The number of aromatic nitrogens is 1. The second-order valence-electron chi connectivity index (χ2n) is 2.70. The molecule has 2 aliphatic rings. The zero-order valence-corrected chi connectivity index (χ0v) is 7.99. The number of carboxylic acid groups (broad SMARTS) is 1. The Hall–Kier alpha value is -1.61. The maximum Gasteiger partial charge on any atom is 0.354 e. The summed E-state index contributed by atoms with van der Waals surface area (Å²) in [6, 6.07) is 10.8. The quantitative estimate of drug-likeness (QED) is 0.784. The van der Waals surface area contributed by atoms with Crippen molar-refractivity contribution in [3.8, 4) is 11.3 Å². The lowest BCUT2D eigenvalue weighted by Gasteiger charge is -1.83. The molecule has 0 amide bonds. The van der Waals surface area contributed by atoms with E-state index in [0.29, 0.717) is 5.69 Å². The van der Waals surface area contributed by atoms with E-state index in [-0.39, 0.29) is 18.1 Å². The number of hydrogen-bond acceptors (Lipinski definition) is 2. The lowest BCUT2D eigenvalue weighted by Crippen LogP contribution is -1.94. The average molecular weight is 210 g/mol. The van der Waals surface area contributed by atoms with Crippen LogP contribution in [0.2, 0.25) is 0 Å². The first kappa shape index (κ1) is 10.5. The molecule has 2 rings (SSSR count). The molecule has 3 nitrogen and oxygen atoms in total. The van der Waals surface area contributed by atoms with Gasteiger partial charge in [0.15, 0.2) is 0 Å². The highest BCUT2D eigenvalue weighted by atomic mass is 35.5. The minimum absolute atomic E-state index is 0. The van der Waals surface area contributed by atoms with E-state index >= 15 is 0 Å². The van der Waals surface area contributed by atoms with Crippen molar-refractivity contribution in [3.63, 3.8) is 0 Å². The van der Waals surface area contributed by atoms with Gasteiger partial charge in [0, 0.05) is 5.56 Å². The lowest BCUT2D eigenvalue weighted by atomic mass is 10.2. The van der Waals surface area contributed by atoms with Gasteiger partial charge in [-0.1, -0.05) is 24.3 Å². The number of nitrogens with zero attached hydrogens (tertiary/aromatic N) is 1. The summed E-state index contributed by atoms with van der Waals surface area (Å²) in [6.07, 6.45) is 0. The predicted octanol–water partition coefficient (Wildman–Crippen LogP) is 2.31. The summed E-state index contributed by atoms with van der Waals surface area (Å²) in [5, 5.41) is 8.69. The average Bonchev–Trinajstić information content (AvgIpc) is 2.38. The van der Waals surface area contributed by atoms with Gasteiger partial charge < -0.3 is 5.11 Å². The Morgan fingerprint density at radius 3 is 2.64 bits per heavy atom. The summed E-state index contributed by atoms with van der Waals surface area (Å²) in [5.41, 5.74) is 1.66. The number of aromatic carboxylic acids is 1. The first-order chi connectivity index (χ1) is 6.27.